The van der Waals surface area contributed by atoms with Crippen molar-refractivity contribution in [3.05, 3.63) is 0 Å². The maximum Gasteiger partial charge on any atom is 0.223 e. The van der Waals surface area contributed by atoms with Crippen LogP contribution in [-0.4, -0.2) is 22.9 Å². The monoisotopic (exact) mass is 179 g/mol. The summed E-state index contributed by atoms with van der Waals surface area (Å²) in [6.07, 6.45) is 8.70. The fourth-order valence-electron chi connectivity index (χ4n) is 3.63. The van der Waals surface area contributed by atoms with Gasteiger partial charge in [-0.2, -0.15) is 0 Å². The van der Waals surface area contributed by atoms with Gasteiger partial charge in [0, 0.05) is 18.5 Å². The lowest BCUT2D eigenvalue weighted by atomic mass is 9.84. The highest BCUT2D eigenvalue weighted by Gasteiger charge is 2.47. The zero-order valence-corrected chi connectivity index (χ0v) is 8.04. The topological polar surface area (TPSA) is 20.3 Å². The molecule has 13 heavy (non-hydrogen) atoms. The molecule has 3 aliphatic rings. The number of fused-ring (bicyclic) bond motifs is 3. The second kappa shape index (κ2) is 2.73. The van der Waals surface area contributed by atoms with Crippen molar-refractivity contribution >= 4 is 5.91 Å². The molecular weight excluding hydrogens is 162 g/mol. The summed E-state index contributed by atoms with van der Waals surface area (Å²) in [5.74, 6) is 1.31. The molecule has 1 amide bonds. The smallest absolute Gasteiger partial charge is 0.223 e. The summed E-state index contributed by atoms with van der Waals surface area (Å²) in [4.78, 5) is 13.9. The lowest BCUT2D eigenvalue weighted by molar-refractivity contribution is -0.130. The summed E-state index contributed by atoms with van der Waals surface area (Å²) in [6, 6.07) is 1.29. The van der Waals surface area contributed by atoms with Crippen molar-refractivity contribution in [2.24, 2.45) is 5.92 Å². The van der Waals surface area contributed by atoms with Gasteiger partial charge in [0.2, 0.25) is 5.91 Å². The molecule has 2 aliphatic heterocycles. The van der Waals surface area contributed by atoms with Crippen molar-refractivity contribution < 1.29 is 4.79 Å². The largest absolute Gasteiger partial charge is 0.336 e. The molecule has 0 aromatic heterocycles. The van der Waals surface area contributed by atoms with E-state index in [1.54, 1.807) is 0 Å². The molecule has 2 saturated heterocycles. The standard InChI is InChI=1S/C11H17NO/c13-11-6-5-9-7-8-3-1-2-4-10(8)12(9)11/h8-10H,1-7H2. The van der Waals surface area contributed by atoms with E-state index in [-0.39, 0.29) is 0 Å². The van der Waals surface area contributed by atoms with Gasteiger partial charge in [-0.15, -0.1) is 0 Å². The number of rotatable bonds is 0. The third-order valence-electron chi connectivity index (χ3n) is 4.17. The summed E-state index contributed by atoms with van der Waals surface area (Å²) < 4.78 is 0. The fourth-order valence-corrected chi connectivity index (χ4v) is 3.63. The van der Waals surface area contributed by atoms with E-state index in [1.807, 2.05) is 0 Å². The van der Waals surface area contributed by atoms with Crippen LogP contribution in [0.5, 0.6) is 0 Å². The van der Waals surface area contributed by atoms with E-state index in [1.165, 1.54) is 32.1 Å². The van der Waals surface area contributed by atoms with Crippen molar-refractivity contribution in [2.45, 2.75) is 57.0 Å². The van der Waals surface area contributed by atoms with Gasteiger partial charge in [-0.25, -0.2) is 0 Å². The number of hydrogen-bond donors (Lipinski definition) is 0. The van der Waals surface area contributed by atoms with Crippen molar-refractivity contribution in [2.75, 3.05) is 0 Å². The first-order valence-electron chi connectivity index (χ1n) is 5.67. The highest BCUT2D eigenvalue weighted by molar-refractivity contribution is 5.79. The van der Waals surface area contributed by atoms with E-state index >= 15 is 0 Å². The average molecular weight is 179 g/mol. The van der Waals surface area contributed by atoms with Crippen LogP contribution in [0.1, 0.15) is 44.9 Å². The summed E-state index contributed by atoms with van der Waals surface area (Å²) >= 11 is 0. The Morgan fingerprint density at radius 1 is 1.15 bits per heavy atom. The molecule has 3 rings (SSSR count). The molecule has 3 fully saturated rings. The highest BCUT2D eigenvalue weighted by atomic mass is 16.2. The van der Waals surface area contributed by atoms with Gasteiger partial charge >= 0.3 is 0 Å². The van der Waals surface area contributed by atoms with Gasteiger partial charge in [-0.1, -0.05) is 12.8 Å². The maximum atomic E-state index is 11.6. The van der Waals surface area contributed by atoms with Crippen LogP contribution in [0.25, 0.3) is 0 Å². The van der Waals surface area contributed by atoms with Crippen LogP contribution < -0.4 is 0 Å². The number of carbonyl (C=O) groups is 1. The molecule has 2 nitrogen and oxygen atoms in total. The molecule has 2 heteroatoms. The minimum absolute atomic E-state index is 0.444. The number of nitrogens with zero attached hydrogens (tertiary/aromatic N) is 1. The Morgan fingerprint density at radius 2 is 2.00 bits per heavy atom. The van der Waals surface area contributed by atoms with Gasteiger partial charge in [0.15, 0.2) is 0 Å². The van der Waals surface area contributed by atoms with E-state index in [4.69, 9.17) is 0 Å². The van der Waals surface area contributed by atoms with Gasteiger partial charge in [0.25, 0.3) is 0 Å². The average Bonchev–Trinajstić information content (AvgIpc) is 2.66. The third-order valence-corrected chi connectivity index (χ3v) is 4.17. The predicted molar refractivity (Wildman–Crippen MR) is 50.2 cm³/mol. The first-order valence-corrected chi connectivity index (χ1v) is 5.67. The molecule has 0 aromatic rings. The van der Waals surface area contributed by atoms with Crippen LogP contribution in [0.15, 0.2) is 0 Å². The molecule has 0 N–H and O–H groups in total. The molecule has 2 heterocycles. The number of carbonyl (C=O) groups excluding carboxylic acids is 1. The molecule has 0 bridgehead atoms. The molecule has 72 valence electrons. The molecule has 3 unspecified atom stereocenters. The molecule has 0 aromatic carbocycles. The summed E-state index contributed by atoms with van der Waals surface area (Å²) in [5.41, 5.74) is 0. The Labute approximate surface area is 79.3 Å². The van der Waals surface area contributed by atoms with Crippen LogP contribution in [0.4, 0.5) is 0 Å². The van der Waals surface area contributed by atoms with Crippen molar-refractivity contribution in [3.8, 4) is 0 Å². The van der Waals surface area contributed by atoms with Gasteiger partial charge in [0.05, 0.1) is 0 Å². The third kappa shape index (κ3) is 1.04. The SMILES string of the molecule is O=C1CCC2CC3CCCCC3N12. The summed E-state index contributed by atoms with van der Waals surface area (Å²) in [7, 11) is 0. The van der Waals surface area contributed by atoms with Crippen LogP contribution in [0.3, 0.4) is 0 Å². The Balaban J connectivity index is 1.85. The Hall–Kier alpha value is -0.530. The zero-order chi connectivity index (χ0) is 8.84. The minimum atomic E-state index is 0.444. The lowest BCUT2D eigenvalue weighted by Crippen LogP contribution is -2.38. The second-order valence-electron chi connectivity index (χ2n) is 4.84. The van der Waals surface area contributed by atoms with E-state index in [9.17, 15) is 4.79 Å². The second-order valence-corrected chi connectivity index (χ2v) is 4.84. The van der Waals surface area contributed by atoms with Gasteiger partial charge in [-0.3, -0.25) is 4.79 Å². The molecule has 1 saturated carbocycles. The van der Waals surface area contributed by atoms with E-state index < -0.39 is 0 Å². The first-order chi connectivity index (χ1) is 6.36. The Bertz CT molecular complexity index is 238. The van der Waals surface area contributed by atoms with Crippen LogP contribution in [0.2, 0.25) is 0 Å². The quantitative estimate of drug-likeness (QED) is 0.556. The van der Waals surface area contributed by atoms with Gasteiger partial charge in [0.1, 0.15) is 0 Å². The Kier molecular flexibility index (Phi) is 1.64. The summed E-state index contributed by atoms with van der Waals surface area (Å²) in [6.45, 7) is 0. The van der Waals surface area contributed by atoms with E-state index in [0.717, 1.165) is 18.8 Å². The molecule has 0 radical (unpaired) electrons. The predicted octanol–water partition coefficient (Wildman–Crippen LogP) is 1.94. The van der Waals surface area contributed by atoms with Crippen molar-refractivity contribution in [1.82, 2.24) is 4.90 Å². The van der Waals surface area contributed by atoms with Crippen molar-refractivity contribution in [3.63, 3.8) is 0 Å². The minimum Gasteiger partial charge on any atom is -0.336 e. The van der Waals surface area contributed by atoms with E-state index in [2.05, 4.69) is 4.90 Å². The van der Waals surface area contributed by atoms with E-state index in [0.29, 0.717) is 18.0 Å². The summed E-state index contributed by atoms with van der Waals surface area (Å²) in [5, 5.41) is 0. The first kappa shape index (κ1) is 7.84. The highest BCUT2D eigenvalue weighted by Crippen LogP contribution is 2.43. The van der Waals surface area contributed by atoms with Crippen molar-refractivity contribution in [1.29, 1.82) is 0 Å². The molecule has 1 aliphatic carbocycles. The Morgan fingerprint density at radius 3 is 2.92 bits per heavy atom. The van der Waals surface area contributed by atoms with Crippen LogP contribution in [-0.2, 0) is 4.79 Å². The number of amides is 1. The van der Waals surface area contributed by atoms with Gasteiger partial charge < -0.3 is 4.90 Å². The maximum absolute atomic E-state index is 11.6. The molecule has 0 spiro atoms. The normalized spacial score (nSPS) is 43.5. The zero-order valence-electron chi connectivity index (χ0n) is 8.04. The van der Waals surface area contributed by atoms with Crippen LogP contribution >= 0.6 is 0 Å². The van der Waals surface area contributed by atoms with Crippen LogP contribution in [0, 0.1) is 5.92 Å². The fraction of sp³-hybridized carbons (Fsp3) is 0.909. The van der Waals surface area contributed by atoms with Gasteiger partial charge in [-0.05, 0) is 31.6 Å². The molecular formula is C11H17NO. The molecule has 3 atom stereocenters. The lowest BCUT2D eigenvalue weighted by Gasteiger charge is -2.30. The number of hydrogen-bond acceptors (Lipinski definition) is 1.